The van der Waals surface area contributed by atoms with Gasteiger partial charge in [-0.25, -0.2) is 0 Å². The quantitative estimate of drug-likeness (QED) is 0.781. The van der Waals surface area contributed by atoms with E-state index in [9.17, 15) is 14.9 Å². The monoisotopic (exact) mass is 333 g/mol. The van der Waals surface area contributed by atoms with Crippen molar-refractivity contribution in [2.45, 2.75) is 32.6 Å². The van der Waals surface area contributed by atoms with Crippen LogP contribution in [0.25, 0.3) is 11.0 Å². The average molecular weight is 334 g/mol. The molecule has 0 aliphatic carbocycles. The molecule has 23 heavy (non-hydrogen) atoms. The van der Waals surface area contributed by atoms with Crippen LogP contribution in [0, 0.1) is 11.3 Å². The van der Waals surface area contributed by atoms with Gasteiger partial charge in [-0.05, 0) is 31.5 Å². The van der Waals surface area contributed by atoms with Gasteiger partial charge >= 0.3 is 5.97 Å². The predicted molar refractivity (Wildman–Crippen MR) is 86.5 cm³/mol. The highest BCUT2D eigenvalue weighted by molar-refractivity contribution is 6.31. The van der Waals surface area contributed by atoms with E-state index < -0.39 is 11.9 Å². The highest BCUT2D eigenvalue weighted by Gasteiger charge is 2.29. The van der Waals surface area contributed by atoms with Gasteiger partial charge < -0.3 is 9.15 Å². The zero-order chi connectivity index (χ0) is 17.0. The molecule has 1 aromatic carbocycles. The Hall–Kier alpha value is -2.32. The number of rotatable bonds is 5. The van der Waals surface area contributed by atoms with Crippen LogP contribution in [-0.2, 0) is 16.0 Å². The van der Waals surface area contributed by atoms with Gasteiger partial charge in [-0.1, -0.05) is 24.9 Å². The third-order valence-electron chi connectivity index (χ3n) is 3.39. The molecule has 1 aromatic heterocycles. The largest absolute Gasteiger partial charge is 0.465 e. The first-order chi connectivity index (χ1) is 11.0. The number of esters is 1. The minimum atomic E-state index is -1.26. The van der Waals surface area contributed by atoms with E-state index in [-0.39, 0.29) is 17.8 Å². The summed E-state index contributed by atoms with van der Waals surface area (Å²) in [6.45, 7) is 3.70. The molecule has 0 amide bonds. The van der Waals surface area contributed by atoms with Crippen LogP contribution in [0.5, 0.6) is 0 Å². The fourth-order valence-corrected chi connectivity index (χ4v) is 2.56. The molecule has 0 N–H and O–H groups in total. The molecule has 0 bridgehead atoms. The van der Waals surface area contributed by atoms with E-state index in [2.05, 4.69) is 0 Å². The Bertz CT molecular complexity index is 835. The van der Waals surface area contributed by atoms with Crippen LogP contribution in [0.15, 0.2) is 27.4 Å². The van der Waals surface area contributed by atoms with Gasteiger partial charge in [-0.3, -0.25) is 9.59 Å². The molecule has 120 valence electrons. The van der Waals surface area contributed by atoms with E-state index in [1.54, 1.807) is 19.1 Å². The molecule has 0 saturated carbocycles. The molecular weight excluding hydrogens is 318 g/mol. The maximum atomic E-state index is 12.7. The molecule has 0 fully saturated rings. The van der Waals surface area contributed by atoms with Gasteiger partial charge in [0.15, 0.2) is 5.43 Å². The van der Waals surface area contributed by atoms with Gasteiger partial charge in [0.25, 0.3) is 0 Å². The number of nitriles is 1. The molecule has 0 saturated heterocycles. The first kappa shape index (κ1) is 17.0. The van der Waals surface area contributed by atoms with Crippen molar-refractivity contribution >= 4 is 28.5 Å². The number of hydrogen-bond acceptors (Lipinski definition) is 5. The Kier molecular flexibility index (Phi) is 5.41. The fraction of sp³-hybridized carbons (Fsp3) is 0.353. The Morgan fingerprint density at radius 3 is 2.78 bits per heavy atom. The summed E-state index contributed by atoms with van der Waals surface area (Å²) in [5.41, 5.74) is 0.343. The molecule has 1 heterocycles. The lowest BCUT2D eigenvalue weighted by atomic mass is 9.98. The van der Waals surface area contributed by atoms with E-state index in [0.717, 1.165) is 0 Å². The number of fused-ring (bicyclic) bond motifs is 1. The predicted octanol–water partition coefficient (Wildman–Crippen LogP) is 3.57. The van der Waals surface area contributed by atoms with E-state index in [1.165, 1.54) is 6.07 Å². The smallest absolute Gasteiger partial charge is 0.331 e. The van der Waals surface area contributed by atoms with Crippen molar-refractivity contribution < 1.29 is 13.9 Å². The molecule has 2 rings (SSSR count). The van der Waals surface area contributed by atoms with Crippen molar-refractivity contribution in [2.75, 3.05) is 6.61 Å². The third-order valence-corrected chi connectivity index (χ3v) is 3.63. The highest BCUT2D eigenvalue weighted by Crippen LogP contribution is 2.26. The maximum absolute atomic E-state index is 12.7. The zero-order valence-corrected chi connectivity index (χ0v) is 13.6. The van der Waals surface area contributed by atoms with Crippen LogP contribution in [0.2, 0.25) is 5.02 Å². The van der Waals surface area contributed by atoms with Gasteiger partial charge in [-0.15, -0.1) is 0 Å². The number of halogens is 1. The number of ether oxygens (including phenoxy) is 1. The molecular formula is C17H16ClNO4. The summed E-state index contributed by atoms with van der Waals surface area (Å²) in [5, 5.41) is 10.1. The normalized spacial score (nSPS) is 11.9. The molecule has 0 aliphatic heterocycles. The summed E-state index contributed by atoms with van der Waals surface area (Å²) < 4.78 is 10.6. The van der Waals surface area contributed by atoms with Crippen molar-refractivity contribution in [1.29, 1.82) is 5.26 Å². The number of benzene rings is 1. The van der Waals surface area contributed by atoms with Crippen LogP contribution >= 0.6 is 11.6 Å². The summed E-state index contributed by atoms with van der Waals surface area (Å²) in [4.78, 5) is 24.7. The Labute approximate surface area is 138 Å². The first-order valence-corrected chi connectivity index (χ1v) is 7.72. The average Bonchev–Trinajstić information content (AvgIpc) is 2.52. The van der Waals surface area contributed by atoms with E-state index in [1.807, 2.05) is 13.0 Å². The van der Waals surface area contributed by atoms with Crippen LogP contribution in [0.3, 0.4) is 0 Å². The third kappa shape index (κ3) is 3.38. The first-order valence-electron chi connectivity index (χ1n) is 7.34. The molecule has 1 unspecified atom stereocenters. The molecule has 0 aliphatic rings. The topological polar surface area (TPSA) is 80.3 Å². The van der Waals surface area contributed by atoms with Gasteiger partial charge in [0.2, 0.25) is 5.92 Å². The summed E-state index contributed by atoms with van der Waals surface area (Å²) in [5.74, 6) is -1.92. The minimum absolute atomic E-state index is 0.0626. The standard InChI is InChI=1S/C17H16ClNO4/c1-3-5-11-15(20)12-8-10(18)6-7-14(12)23-16(11)13(9-19)17(21)22-4-2/h6-8,13H,3-5H2,1-2H3. The minimum Gasteiger partial charge on any atom is -0.465 e. The van der Waals surface area contributed by atoms with E-state index in [0.29, 0.717) is 34.4 Å². The Morgan fingerprint density at radius 2 is 2.17 bits per heavy atom. The number of nitrogens with zero attached hydrogens (tertiary/aromatic N) is 1. The molecule has 1 atom stereocenters. The van der Waals surface area contributed by atoms with Crippen molar-refractivity contribution in [2.24, 2.45) is 0 Å². The second kappa shape index (κ2) is 7.30. The molecule has 6 heteroatoms. The second-order valence-corrected chi connectivity index (χ2v) is 5.42. The van der Waals surface area contributed by atoms with Crippen LogP contribution in [0.1, 0.15) is 37.5 Å². The molecule has 5 nitrogen and oxygen atoms in total. The SMILES string of the molecule is CCCc1c(C(C#N)C(=O)OCC)oc2ccc(Cl)cc2c1=O. The van der Waals surface area contributed by atoms with Gasteiger partial charge in [-0.2, -0.15) is 5.26 Å². The molecule has 0 radical (unpaired) electrons. The van der Waals surface area contributed by atoms with Crippen molar-refractivity contribution in [1.82, 2.24) is 0 Å². The van der Waals surface area contributed by atoms with Crippen molar-refractivity contribution in [3.8, 4) is 6.07 Å². The second-order valence-electron chi connectivity index (χ2n) is 4.98. The van der Waals surface area contributed by atoms with Crippen LogP contribution in [-0.4, -0.2) is 12.6 Å². The lowest BCUT2D eigenvalue weighted by Gasteiger charge is -2.13. The van der Waals surface area contributed by atoms with E-state index >= 15 is 0 Å². The molecule has 2 aromatic rings. The number of hydrogen-bond donors (Lipinski definition) is 0. The Morgan fingerprint density at radius 1 is 1.43 bits per heavy atom. The summed E-state index contributed by atoms with van der Waals surface area (Å²) in [6, 6.07) is 6.54. The van der Waals surface area contributed by atoms with Gasteiger partial charge in [0.05, 0.1) is 18.1 Å². The lowest BCUT2D eigenvalue weighted by Crippen LogP contribution is -2.21. The fourth-order valence-electron chi connectivity index (χ4n) is 2.39. The van der Waals surface area contributed by atoms with Crippen LogP contribution in [0.4, 0.5) is 0 Å². The van der Waals surface area contributed by atoms with Crippen molar-refractivity contribution in [3.63, 3.8) is 0 Å². The Balaban J connectivity index is 2.73. The summed E-state index contributed by atoms with van der Waals surface area (Å²) >= 11 is 5.93. The summed E-state index contributed by atoms with van der Waals surface area (Å²) in [6.07, 6.45) is 1.07. The highest BCUT2D eigenvalue weighted by atomic mass is 35.5. The van der Waals surface area contributed by atoms with E-state index in [4.69, 9.17) is 20.8 Å². The number of carbonyl (C=O) groups is 1. The summed E-state index contributed by atoms with van der Waals surface area (Å²) in [7, 11) is 0. The number of carbonyl (C=O) groups excluding carboxylic acids is 1. The van der Waals surface area contributed by atoms with Gasteiger partial charge in [0, 0.05) is 10.6 Å². The lowest BCUT2D eigenvalue weighted by molar-refractivity contribution is -0.143. The van der Waals surface area contributed by atoms with Crippen LogP contribution < -0.4 is 5.43 Å². The maximum Gasteiger partial charge on any atom is 0.331 e. The molecule has 0 spiro atoms. The van der Waals surface area contributed by atoms with Gasteiger partial charge in [0.1, 0.15) is 11.3 Å². The zero-order valence-electron chi connectivity index (χ0n) is 12.9. The van der Waals surface area contributed by atoms with Crippen molar-refractivity contribution in [3.05, 3.63) is 44.8 Å².